The maximum Gasteiger partial charge on any atom is 0.141 e. The number of halogens is 2. The van der Waals surface area contributed by atoms with E-state index in [4.69, 9.17) is 11.6 Å². The molecule has 0 aliphatic heterocycles. The molecule has 0 radical (unpaired) electrons. The van der Waals surface area contributed by atoms with Crippen molar-refractivity contribution < 1.29 is 9.50 Å². The van der Waals surface area contributed by atoms with Crippen molar-refractivity contribution >= 4 is 11.6 Å². The lowest BCUT2D eigenvalue weighted by Crippen LogP contribution is -2.38. The highest BCUT2D eigenvalue weighted by Gasteiger charge is 2.35. The Morgan fingerprint density at radius 3 is 2.84 bits per heavy atom. The Morgan fingerprint density at radius 1 is 1.47 bits per heavy atom. The van der Waals surface area contributed by atoms with Gasteiger partial charge in [-0.15, -0.1) is 0 Å². The van der Waals surface area contributed by atoms with Crippen LogP contribution < -0.4 is 0 Å². The van der Waals surface area contributed by atoms with Gasteiger partial charge < -0.3 is 5.11 Å². The highest BCUT2D eigenvalue weighted by molar-refractivity contribution is 6.30. The van der Waals surface area contributed by atoms with Crippen molar-refractivity contribution in [2.45, 2.75) is 51.6 Å². The zero-order valence-corrected chi connectivity index (χ0v) is 12.4. The normalized spacial score (nSPS) is 27.8. The molecule has 0 aromatic heterocycles. The van der Waals surface area contributed by atoms with E-state index in [0.29, 0.717) is 18.3 Å². The molecule has 0 heterocycles. The molecule has 1 saturated carbocycles. The van der Waals surface area contributed by atoms with Gasteiger partial charge in [-0.1, -0.05) is 37.9 Å². The molecular weight excluding hydrogens is 263 g/mol. The van der Waals surface area contributed by atoms with Gasteiger partial charge in [0.2, 0.25) is 0 Å². The zero-order chi connectivity index (χ0) is 14.0. The fourth-order valence-electron chi connectivity index (χ4n) is 3.14. The minimum Gasteiger partial charge on any atom is -0.390 e. The van der Waals surface area contributed by atoms with Gasteiger partial charge in [-0.25, -0.2) is 4.39 Å². The SMILES string of the molecule is CC(C)C1CCCC(O)(Cc2ccc(F)c(Cl)c2)C1. The molecule has 3 heteroatoms. The summed E-state index contributed by atoms with van der Waals surface area (Å²) in [6.07, 6.45) is 4.49. The van der Waals surface area contributed by atoms with Crippen molar-refractivity contribution in [3.63, 3.8) is 0 Å². The van der Waals surface area contributed by atoms with Gasteiger partial charge in [-0.2, -0.15) is 0 Å². The standard InChI is InChI=1S/C16H22ClFO/c1-11(2)13-4-3-7-16(19,10-13)9-12-5-6-15(18)14(17)8-12/h5-6,8,11,13,19H,3-4,7,9-10H2,1-2H3. The van der Waals surface area contributed by atoms with Crippen LogP contribution in [0.4, 0.5) is 4.39 Å². The molecule has 1 aromatic carbocycles. The first kappa shape index (κ1) is 14.8. The molecule has 2 unspecified atom stereocenters. The van der Waals surface area contributed by atoms with Crippen LogP contribution in [-0.2, 0) is 6.42 Å². The van der Waals surface area contributed by atoms with Gasteiger partial charge in [0.25, 0.3) is 0 Å². The van der Waals surface area contributed by atoms with E-state index in [1.54, 1.807) is 12.1 Å². The van der Waals surface area contributed by atoms with Crippen LogP contribution in [0.15, 0.2) is 18.2 Å². The highest BCUT2D eigenvalue weighted by atomic mass is 35.5. The van der Waals surface area contributed by atoms with E-state index < -0.39 is 11.4 Å². The molecule has 2 rings (SSSR count). The lowest BCUT2D eigenvalue weighted by Gasteiger charge is -2.38. The molecule has 2 atom stereocenters. The predicted octanol–water partition coefficient (Wildman–Crippen LogP) is 4.60. The Balaban J connectivity index is 2.09. The van der Waals surface area contributed by atoms with Crippen molar-refractivity contribution in [1.82, 2.24) is 0 Å². The fourth-order valence-corrected chi connectivity index (χ4v) is 3.35. The van der Waals surface area contributed by atoms with E-state index in [1.807, 2.05) is 0 Å². The van der Waals surface area contributed by atoms with E-state index in [-0.39, 0.29) is 5.02 Å². The Hall–Kier alpha value is -0.600. The molecule has 19 heavy (non-hydrogen) atoms. The second kappa shape index (κ2) is 5.80. The molecule has 0 saturated heterocycles. The third kappa shape index (κ3) is 3.70. The lowest BCUT2D eigenvalue weighted by atomic mass is 9.71. The molecule has 0 amide bonds. The van der Waals surface area contributed by atoms with Gasteiger partial charge in [0.1, 0.15) is 5.82 Å². The third-order valence-corrected chi connectivity index (χ3v) is 4.61. The van der Waals surface area contributed by atoms with Crippen LogP contribution in [0.5, 0.6) is 0 Å². The number of aliphatic hydroxyl groups is 1. The predicted molar refractivity (Wildman–Crippen MR) is 76.9 cm³/mol. The zero-order valence-electron chi connectivity index (χ0n) is 11.6. The van der Waals surface area contributed by atoms with Gasteiger partial charge in [-0.05, 0) is 48.8 Å². The minimum atomic E-state index is -0.658. The number of benzene rings is 1. The summed E-state index contributed by atoms with van der Waals surface area (Å²) in [5, 5.41) is 10.9. The number of rotatable bonds is 3. The van der Waals surface area contributed by atoms with E-state index in [1.165, 1.54) is 12.5 Å². The maximum absolute atomic E-state index is 13.1. The van der Waals surface area contributed by atoms with Crippen molar-refractivity contribution in [2.75, 3.05) is 0 Å². The summed E-state index contributed by atoms with van der Waals surface area (Å²) in [4.78, 5) is 0. The molecule has 1 aliphatic rings. The first-order valence-corrected chi connectivity index (χ1v) is 7.44. The molecule has 1 fully saturated rings. The average Bonchev–Trinajstić information content (AvgIpc) is 2.33. The van der Waals surface area contributed by atoms with E-state index in [2.05, 4.69) is 13.8 Å². The minimum absolute atomic E-state index is 0.136. The lowest BCUT2D eigenvalue weighted by molar-refractivity contribution is -0.0239. The monoisotopic (exact) mass is 284 g/mol. The summed E-state index contributed by atoms with van der Waals surface area (Å²) in [6.45, 7) is 4.43. The van der Waals surface area contributed by atoms with Crippen LogP contribution in [-0.4, -0.2) is 10.7 Å². The topological polar surface area (TPSA) is 20.2 Å². The molecule has 0 bridgehead atoms. The van der Waals surface area contributed by atoms with Crippen LogP contribution in [0.3, 0.4) is 0 Å². The Morgan fingerprint density at radius 2 is 2.21 bits per heavy atom. The summed E-state index contributed by atoms with van der Waals surface area (Å²) in [6, 6.07) is 4.73. The molecule has 106 valence electrons. The van der Waals surface area contributed by atoms with Crippen molar-refractivity contribution in [3.05, 3.63) is 34.6 Å². The molecule has 1 aliphatic carbocycles. The van der Waals surface area contributed by atoms with Crippen molar-refractivity contribution in [1.29, 1.82) is 0 Å². The quantitative estimate of drug-likeness (QED) is 0.860. The van der Waals surface area contributed by atoms with E-state index in [0.717, 1.165) is 24.8 Å². The molecular formula is C16H22ClFO. The van der Waals surface area contributed by atoms with Crippen LogP contribution in [0.25, 0.3) is 0 Å². The summed E-state index contributed by atoms with van der Waals surface area (Å²) in [7, 11) is 0. The van der Waals surface area contributed by atoms with Gasteiger partial charge in [0.05, 0.1) is 10.6 Å². The van der Waals surface area contributed by atoms with Crippen molar-refractivity contribution in [3.8, 4) is 0 Å². The smallest absolute Gasteiger partial charge is 0.141 e. The molecule has 1 aromatic rings. The summed E-state index contributed by atoms with van der Waals surface area (Å²) < 4.78 is 13.1. The molecule has 1 nitrogen and oxygen atoms in total. The van der Waals surface area contributed by atoms with Crippen molar-refractivity contribution in [2.24, 2.45) is 11.8 Å². The molecule has 0 spiro atoms. The summed E-state index contributed by atoms with van der Waals surface area (Å²) >= 11 is 5.80. The maximum atomic E-state index is 13.1. The second-order valence-corrected chi connectivity index (χ2v) is 6.66. The van der Waals surface area contributed by atoms with E-state index in [9.17, 15) is 9.50 Å². The van der Waals surface area contributed by atoms with Crippen LogP contribution in [0, 0.1) is 17.7 Å². The fraction of sp³-hybridized carbons (Fsp3) is 0.625. The summed E-state index contributed by atoms with van der Waals surface area (Å²) in [5.74, 6) is 0.777. The van der Waals surface area contributed by atoms with Gasteiger partial charge in [0, 0.05) is 6.42 Å². The molecule has 1 N–H and O–H groups in total. The van der Waals surface area contributed by atoms with E-state index >= 15 is 0 Å². The van der Waals surface area contributed by atoms with Gasteiger partial charge in [0.15, 0.2) is 0 Å². The second-order valence-electron chi connectivity index (χ2n) is 6.25. The average molecular weight is 285 g/mol. The van der Waals surface area contributed by atoms with Crippen LogP contribution in [0.1, 0.15) is 45.1 Å². The van der Waals surface area contributed by atoms with Crippen LogP contribution in [0.2, 0.25) is 5.02 Å². The Bertz CT molecular complexity index is 446. The van der Waals surface area contributed by atoms with Crippen LogP contribution >= 0.6 is 11.6 Å². The Kier molecular flexibility index (Phi) is 4.52. The van der Waals surface area contributed by atoms with Gasteiger partial charge in [-0.3, -0.25) is 0 Å². The third-order valence-electron chi connectivity index (χ3n) is 4.32. The number of hydrogen-bond acceptors (Lipinski definition) is 1. The first-order valence-electron chi connectivity index (χ1n) is 7.06. The largest absolute Gasteiger partial charge is 0.390 e. The number of hydrogen-bond donors (Lipinski definition) is 1. The highest BCUT2D eigenvalue weighted by Crippen LogP contribution is 2.38. The Labute approximate surface area is 119 Å². The van der Waals surface area contributed by atoms with Gasteiger partial charge >= 0.3 is 0 Å². The summed E-state index contributed by atoms with van der Waals surface area (Å²) in [5.41, 5.74) is 0.257. The first-order chi connectivity index (χ1) is 8.89.